The van der Waals surface area contributed by atoms with Crippen molar-refractivity contribution < 1.29 is 9.59 Å². The lowest BCUT2D eigenvalue weighted by Crippen LogP contribution is -2.20. The zero-order valence-corrected chi connectivity index (χ0v) is 10.7. The van der Waals surface area contributed by atoms with Crippen LogP contribution in [0, 0.1) is 0 Å². The van der Waals surface area contributed by atoms with Crippen LogP contribution < -0.4 is 10.6 Å². The highest BCUT2D eigenvalue weighted by Crippen LogP contribution is 2.21. The Morgan fingerprint density at radius 1 is 1.38 bits per heavy atom. The van der Waals surface area contributed by atoms with Gasteiger partial charge in [-0.2, -0.15) is 0 Å². The lowest BCUT2D eigenvalue weighted by atomic mass is 10.1. The number of anilines is 1. The van der Waals surface area contributed by atoms with E-state index >= 15 is 0 Å². The van der Waals surface area contributed by atoms with E-state index < -0.39 is 0 Å². The van der Waals surface area contributed by atoms with Crippen LogP contribution >= 0.6 is 15.9 Å². The van der Waals surface area contributed by atoms with E-state index in [0.717, 1.165) is 4.47 Å². The van der Waals surface area contributed by atoms with Crippen molar-refractivity contribution >= 4 is 33.3 Å². The summed E-state index contributed by atoms with van der Waals surface area (Å²) in [5, 5.41) is 5.42. The molecule has 0 aliphatic heterocycles. The number of amides is 1. The summed E-state index contributed by atoms with van der Waals surface area (Å²) in [6.45, 7) is 1.65. The van der Waals surface area contributed by atoms with Gasteiger partial charge in [0.25, 0.3) is 0 Å². The third-order valence-corrected chi connectivity index (χ3v) is 2.42. The third kappa shape index (κ3) is 3.43. The van der Waals surface area contributed by atoms with Gasteiger partial charge in [0.05, 0.1) is 12.2 Å². The number of carbonyl (C=O) groups is 2. The maximum atomic E-state index is 11.7. The SMILES string of the molecule is CNCC(=O)c1ccc(Br)cc1NC(C)=O. The molecule has 5 heteroatoms. The smallest absolute Gasteiger partial charge is 0.221 e. The first-order valence-electron chi connectivity index (χ1n) is 4.79. The van der Waals surface area contributed by atoms with E-state index in [1.54, 1.807) is 25.2 Å². The van der Waals surface area contributed by atoms with Crippen LogP contribution in [-0.2, 0) is 4.79 Å². The topological polar surface area (TPSA) is 58.2 Å². The van der Waals surface area contributed by atoms with Crippen molar-refractivity contribution in [1.29, 1.82) is 0 Å². The Kier molecular flexibility index (Phi) is 4.64. The van der Waals surface area contributed by atoms with E-state index in [1.165, 1.54) is 6.92 Å². The number of Topliss-reactive ketones (excluding diaryl/α,β-unsaturated/α-hetero) is 1. The third-order valence-electron chi connectivity index (χ3n) is 1.93. The lowest BCUT2D eigenvalue weighted by molar-refractivity contribution is -0.114. The monoisotopic (exact) mass is 284 g/mol. The van der Waals surface area contributed by atoms with Gasteiger partial charge < -0.3 is 10.6 Å². The van der Waals surface area contributed by atoms with Gasteiger partial charge in [-0.25, -0.2) is 0 Å². The minimum absolute atomic E-state index is 0.0567. The van der Waals surface area contributed by atoms with Gasteiger partial charge in [0.2, 0.25) is 5.91 Å². The molecule has 16 heavy (non-hydrogen) atoms. The second-order valence-corrected chi connectivity index (χ2v) is 4.24. The van der Waals surface area contributed by atoms with Gasteiger partial charge >= 0.3 is 0 Å². The van der Waals surface area contributed by atoms with Gasteiger partial charge in [0, 0.05) is 17.0 Å². The minimum Gasteiger partial charge on any atom is -0.326 e. The summed E-state index contributed by atoms with van der Waals surface area (Å²) in [7, 11) is 1.70. The Morgan fingerprint density at radius 2 is 2.06 bits per heavy atom. The Labute approximate surface area is 103 Å². The largest absolute Gasteiger partial charge is 0.326 e. The number of carbonyl (C=O) groups excluding carboxylic acids is 2. The molecule has 0 atom stereocenters. The summed E-state index contributed by atoms with van der Waals surface area (Å²) in [6, 6.07) is 5.17. The first-order valence-corrected chi connectivity index (χ1v) is 5.59. The molecule has 0 saturated carbocycles. The highest BCUT2D eigenvalue weighted by atomic mass is 79.9. The van der Waals surface area contributed by atoms with E-state index in [-0.39, 0.29) is 18.2 Å². The molecule has 0 saturated heterocycles. The van der Waals surface area contributed by atoms with Crippen LogP contribution in [0.3, 0.4) is 0 Å². The maximum Gasteiger partial charge on any atom is 0.221 e. The Morgan fingerprint density at radius 3 is 2.62 bits per heavy atom. The molecule has 0 unspecified atom stereocenters. The van der Waals surface area contributed by atoms with E-state index in [2.05, 4.69) is 26.6 Å². The molecule has 0 aromatic heterocycles. The molecule has 0 fully saturated rings. The molecule has 4 nitrogen and oxygen atoms in total. The number of hydrogen-bond acceptors (Lipinski definition) is 3. The molecule has 1 amide bonds. The summed E-state index contributed by atoms with van der Waals surface area (Å²) in [6.07, 6.45) is 0. The van der Waals surface area contributed by atoms with Gasteiger partial charge in [0.15, 0.2) is 5.78 Å². The molecule has 0 radical (unpaired) electrons. The Bertz CT molecular complexity index is 418. The van der Waals surface area contributed by atoms with E-state index in [4.69, 9.17) is 0 Å². The number of likely N-dealkylation sites (N-methyl/N-ethyl adjacent to an activating group) is 1. The predicted molar refractivity (Wildman–Crippen MR) is 66.7 cm³/mol. The van der Waals surface area contributed by atoms with Crippen molar-refractivity contribution in [3.05, 3.63) is 28.2 Å². The standard InChI is InChI=1S/C11H13BrN2O2/c1-7(15)14-10-5-8(12)3-4-9(10)11(16)6-13-2/h3-5,13H,6H2,1-2H3,(H,14,15). The number of benzene rings is 1. The molecular formula is C11H13BrN2O2. The number of ketones is 1. The van der Waals surface area contributed by atoms with Crippen LogP contribution in [0.25, 0.3) is 0 Å². The molecule has 1 aromatic carbocycles. The summed E-state index contributed by atoms with van der Waals surface area (Å²) in [4.78, 5) is 22.7. The fourth-order valence-electron chi connectivity index (χ4n) is 1.31. The van der Waals surface area contributed by atoms with Crippen LogP contribution in [0.2, 0.25) is 0 Å². The highest BCUT2D eigenvalue weighted by Gasteiger charge is 2.11. The highest BCUT2D eigenvalue weighted by molar-refractivity contribution is 9.10. The van der Waals surface area contributed by atoms with Crippen LogP contribution in [-0.4, -0.2) is 25.3 Å². The molecule has 0 spiro atoms. The average Bonchev–Trinajstić information content (AvgIpc) is 2.16. The average molecular weight is 285 g/mol. The fourth-order valence-corrected chi connectivity index (χ4v) is 1.67. The number of nitrogens with one attached hydrogen (secondary N) is 2. The van der Waals surface area contributed by atoms with Gasteiger partial charge in [-0.3, -0.25) is 9.59 Å². The van der Waals surface area contributed by atoms with Gasteiger partial charge in [-0.15, -0.1) is 0 Å². The molecule has 86 valence electrons. The quantitative estimate of drug-likeness (QED) is 0.829. The summed E-state index contributed by atoms with van der Waals surface area (Å²) in [5.41, 5.74) is 1.04. The molecule has 0 aliphatic carbocycles. The second kappa shape index (κ2) is 5.77. The van der Waals surface area contributed by atoms with Crippen LogP contribution in [0.15, 0.2) is 22.7 Å². The molecular weight excluding hydrogens is 272 g/mol. The molecule has 0 bridgehead atoms. The first kappa shape index (κ1) is 12.9. The number of hydrogen-bond donors (Lipinski definition) is 2. The van der Waals surface area contributed by atoms with Gasteiger partial charge in [0.1, 0.15) is 0 Å². The predicted octanol–water partition coefficient (Wildman–Crippen LogP) is 1.81. The molecule has 0 heterocycles. The summed E-state index contributed by atoms with van der Waals surface area (Å²) >= 11 is 3.30. The first-order chi connectivity index (χ1) is 7.54. The molecule has 1 rings (SSSR count). The van der Waals surface area contributed by atoms with Crippen LogP contribution in [0.4, 0.5) is 5.69 Å². The van der Waals surface area contributed by atoms with Crippen molar-refractivity contribution in [2.45, 2.75) is 6.92 Å². The van der Waals surface area contributed by atoms with Gasteiger partial charge in [-0.1, -0.05) is 15.9 Å². The van der Waals surface area contributed by atoms with Crippen molar-refractivity contribution in [3.63, 3.8) is 0 Å². The Hall–Kier alpha value is -1.20. The van der Waals surface area contributed by atoms with E-state index in [1.807, 2.05) is 0 Å². The molecule has 0 aliphatic rings. The van der Waals surface area contributed by atoms with Crippen molar-refractivity contribution in [3.8, 4) is 0 Å². The summed E-state index contributed by atoms with van der Waals surface area (Å²) < 4.78 is 0.817. The second-order valence-electron chi connectivity index (χ2n) is 3.32. The zero-order chi connectivity index (χ0) is 12.1. The molecule has 2 N–H and O–H groups in total. The lowest BCUT2D eigenvalue weighted by Gasteiger charge is -2.09. The minimum atomic E-state index is -0.198. The Balaban J connectivity index is 3.06. The van der Waals surface area contributed by atoms with E-state index in [9.17, 15) is 9.59 Å². The van der Waals surface area contributed by atoms with Crippen LogP contribution in [0.1, 0.15) is 17.3 Å². The summed E-state index contributed by atoms with van der Waals surface area (Å²) in [5.74, 6) is -0.254. The fraction of sp³-hybridized carbons (Fsp3) is 0.273. The van der Waals surface area contributed by atoms with Crippen molar-refractivity contribution in [1.82, 2.24) is 5.32 Å². The normalized spacial score (nSPS) is 9.94. The zero-order valence-electron chi connectivity index (χ0n) is 9.13. The van der Waals surface area contributed by atoms with E-state index in [0.29, 0.717) is 11.3 Å². The van der Waals surface area contributed by atoms with Crippen molar-refractivity contribution in [2.24, 2.45) is 0 Å². The maximum absolute atomic E-state index is 11.7. The number of halogens is 1. The van der Waals surface area contributed by atoms with Gasteiger partial charge in [-0.05, 0) is 25.2 Å². The molecule has 1 aromatic rings. The van der Waals surface area contributed by atoms with Crippen molar-refractivity contribution in [2.75, 3.05) is 18.9 Å². The number of rotatable bonds is 4. The van der Waals surface area contributed by atoms with Crippen LogP contribution in [0.5, 0.6) is 0 Å².